The van der Waals surface area contributed by atoms with Crippen molar-refractivity contribution >= 4 is 0 Å². The predicted octanol–water partition coefficient (Wildman–Crippen LogP) is 2.49. The molecular weight excluding hydrogens is 184 g/mol. The first-order valence-corrected chi connectivity index (χ1v) is 6.44. The molecule has 0 bridgehead atoms. The molecule has 0 spiro atoms. The van der Waals surface area contributed by atoms with Gasteiger partial charge in [0.05, 0.1) is 0 Å². The highest BCUT2D eigenvalue weighted by Gasteiger charge is 2.25. The summed E-state index contributed by atoms with van der Waals surface area (Å²) in [5.41, 5.74) is 0.508. The predicted molar refractivity (Wildman–Crippen MR) is 67.2 cm³/mol. The van der Waals surface area contributed by atoms with Gasteiger partial charge in [0.15, 0.2) is 0 Å². The van der Waals surface area contributed by atoms with Gasteiger partial charge in [-0.3, -0.25) is 4.90 Å². The zero-order chi connectivity index (χ0) is 11.5. The smallest absolute Gasteiger partial charge is 0.0218 e. The average molecular weight is 212 g/mol. The molecule has 1 fully saturated rings. The van der Waals surface area contributed by atoms with E-state index in [-0.39, 0.29) is 0 Å². The number of nitrogens with one attached hydrogen (secondary N) is 1. The number of nitrogens with zero attached hydrogens (tertiary/aromatic N) is 1. The summed E-state index contributed by atoms with van der Waals surface area (Å²) in [6.07, 6.45) is 2.60. The van der Waals surface area contributed by atoms with Crippen LogP contribution in [0.1, 0.15) is 47.5 Å². The van der Waals surface area contributed by atoms with E-state index >= 15 is 0 Å². The third-order valence-electron chi connectivity index (χ3n) is 4.20. The second-order valence-corrected chi connectivity index (χ2v) is 5.79. The summed E-state index contributed by atoms with van der Waals surface area (Å²) in [5.74, 6) is 0. The Bertz CT molecular complexity index is 189. The van der Waals surface area contributed by atoms with Crippen molar-refractivity contribution < 1.29 is 0 Å². The minimum atomic E-state index is 0.508. The monoisotopic (exact) mass is 212 g/mol. The zero-order valence-corrected chi connectivity index (χ0v) is 11.1. The summed E-state index contributed by atoms with van der Waals surface area (Å²) in [7, 11) is 0. The fourth-order valence-corrected chi connectivity index (χ4v) is 2.06. The van der Waals surface area contributed by atoms with Gasteiger partial charge in [0.2, 0.25) is 0 Å². The van der Waals surface area contributed by atoms with Gasteiger partial charge in [-0.2, -0.15) is 0 Å². The van der Waals surface area contributed by atoms with Crippen molar-refractivity contribution in [3.8, 4) is 0 Å². The molecule has 1 rings (SSSR count). The number of rotatable bonds is 4. The van der Waals surface area contributed by atoms with Gasteiger partial charge in [-0.05, 0) is 32.2 Å². The fraction of sp³-hybridized carbons (Fsp3) is 1.00. The SMILES string of the molecule is CCC(C)(C)CCN1CCNC(C)C1C. The molecule has 1 aliphatic heterocycles. The number of hydrogen-bond acceptors (Lipinski definition) is 2. The standard InChI is InChI=1S/C13H28N2/c1-6-13(4,5)7-9-15-10-8-14-11(2)12(15)3/h11-12,14H,6-10H2,1-5H3. The van der Waals surface area contributed by atoms with Crippen LogP contribution in [-0.2, 0) is 0 Å². The zero-order valence-electron chi connectivity index (χ0n) is 11.1. The lowest BCUT2D eigenvalue weighted by Gasteiger charge is -2.40. The first-order chi connectivity index (χ1) is 6.96. The van der Waals surface area contributed by atoms with E-state index in [0.29, 0.717) is 17.5 Å². The molecule has 2 unspecified atom stereocenters. The molecule has 1 saturated heterocycles. The average Bonchev–Trinajstić information content (AvgIpc) is 2.20. The van der Waals surface area contributed by atoms with Gasteiger partial charge in [-0.25, -0.2) is 0 Å². The first-order valence-electron chi connectivity index (χ1n) is 6.44. The lowest BCUT2D eigenvalue weighted by molar-refractivity contribution is 0.118. The summed E-state index contributed by atoms with van der Waals surface area (Å²) < 4.78 is 0. The summed E-state index contributed by atoms with van der Waals surface area (Å²) >= 11 is 0. The van der Waals surface area contributed by atoms with Crippen LogP contribution in [0.2, 0.25) is 0 Å². The van der Waals surface area contributed by atoms with Crippen LogP contribution in [0.5, 0.6) is 0 Å². The van der Waals surface area contributed by atoms with Crippen LogP contribution in [0.4, 0.5) is 0 Å². The molecule has 0 radical (unpaired) electrons. The molecule has 0 aliphatic carbocycles. The van der Waals surface area contributed by atoms with E-state index in [1.165, 1.54) is 25.9 Å². The molecule has 0 amide bonds. The van der Waals surface area contributed by atoms with Crippen LogP contribution < -0.4 is 5.32 Å². The molecule has 2 heteroatoms. The Labute approximate surface area is 95.4 Å². The summed E-state index contributed by atoms with van der Waals surface area (Å²) in [6, 6.07) is 1.33. The van der Waals surface area contributed by atoms with E-state index in [4.69, 9.17) is 0 Å². The summed E-state index contributed by atoms with van der Waals surface area (Å²) in [5, 5.41) is 3.53. The van der Waals surface area contributed by atoms with Crippen molar-refractivity contribution in [2.24, 2.45) is 5.41 Å². The van der Waals surface area contributed by atoms with Crippen LogP contribution >= 0.6 is 0 Å². The molecule has 1 N–H and O–H groups in total. The van der Waals surface area contributed by atoms with E-state index in [9.17, 15) is 0 Å². The highest BCUT2D eigenvalue weighted by atomic mass is 15.2. The maximum Gasteiger partial charge on any atom is 0.0218 e. The van der Waals surface area contributed by atoms with E-state index in [2.05, 4.69) is 44.8 Å². The van der Waals surface area contributed by atoms with Crippen molar-refractivity contribution in [2.45, 2.75) is 59.5 Å². The van der Waals surface area contributed by atoms with Crippen molar-refractivity contribution in [1.29, 1.82) is 0 Å². The maximum atomic E-state index is 3.53. The van der Waals surface area contributed by atoms with E-state index in [0.717, 1.165) is 6.54 Å². The molecule has 90 valence electrons. The minimum absolute atomic E-state index is 0.508. The molecule has 2 nitrogen and oxygen atoms in total. The van der Waals surface area contributed by atoms with Crippen molar-refractivity contribution in [3.63, 3.8) is 0 Å². The van der Waals surface area contributed by atoms with Crippen LogP contribution in [0, 0.1) is 5.41 Å². The van der Waals surface area contributed by atoms with Gasteiger partial charge < -0.3 is 5.32 Å². The van der Waals surface area contributed by atoms with Crippen LogP contribution in [-0.4, -0.2) is 36.6 Å². The Morgan fingerprint density at radius 2 is 2.00 bits per heavy atom. The Morgan fingerprint density at radius 3 is 2.60 bits per heavy atom. The maximum absolute atomic E-state index is 3.53. The lowest BCUT2D eigenvalue weighted by Crippen LogP contribution is -2.55. The minimum Gasteiger partial charge on any atom is -0.311 e. The molecule has 1 heterocycles. The second kappa shape index (κ2) is 5.31. The largest absolute Gasteiger partial charge is 0.311 e. The van der Waals surface area contributed by atoms with Gasteiger partial charge in [0.25, 0.3) is 0 Å². The van der Waals surface area contributed by atoms with Gasteiger partial charge in [0.1, 0.15) is 0 Å². The molecule has 0 aromatic rings. The van der Waals surface area contributed by atoms with Crippen molar-refractivity contribution in [1.82, 2.24) is 10.2 Å². The van der Waals surface area contributed by atoms with Gasteiger partial charge in [0, 0.05) is 25.2 Å². The third kappa shape index (κ3) is 3.76. The molecule has 15 heavy (non-hydrogen) atoms. The van der Waals surface area contributed by atoms with E-state index in [1.807, 2.05) is 0 Å². The fourth-order valence-electron chi connectivity index (χ4n) is 2.06. The number of hydrogen-bond donors (Lipinski definition) is 1. The second-order valence-electron chi connectivity index (χ2n) is 5.79. The molecular formula is C13H28N2. The quantitative estimate of drug-likeness (QED) is 0.770. The summed E-state index contributed by atoms with van der Waals surface area (Å²) in [4.78, 5) is 2.64. The van der Waals surface area contributed by atoms with Crippen LogP contribution in [0.25, 0.3) is 0 Å². The van der Waals surface area contributed by atoms with Gasteiger partial charge in [-0.1, -0.05) is 27.2 Å². The molecule has 1 aliphatic rings. The van der Waals surface area contributed by atoms with E-state index < -0.39 is 0 Å². The van der Waals surface area contributed by atoms with Crippen molar-refractivity contribution in [2.75, 3.05) is 19.6 Å². The Hall–Kier alpha value is -0.0800. The highest BCUT2D eigenvalue weighted by molar-refractivity contribution is 4.84. The lowest BCUT2D eigenvalue weighted by atomic mass is 9.86. The Morgan fingerprint density at radius 1 is 1.33 bits per heavy atom. The van der Waals surface area contributed by atoms with Gasteiger partial charge in [-0.15, -0.1) is 0 Å². The van der Waals surface area contributed by atoms with Gasteiger partial charge >= 0.3 is 0 Å². The normalized spacial score (nSPS) is 29.4. The van der Waals surface area contributed by atoms with E-state index in [1.54, 1.807) is 0 Å². The highest BCUT2D eigenvalue weighted by Crippen LogP contribution is 2.25. The Balaban J connectivity index is 2.37. The Kier molecular flexibility index (Phi) is 4.60. The van der Waals surface area contributed by atoms with Crippen LogP contribution in [0.15, 0.2) is 0 Å². The number of piperazine rings is 1. The first kappa shape index (κ1) is 13.0. The summed E-state index contributed by atoms with van der Waals surface area (Å²) in [6.45, 7) is 15.3. The topological polar surface area (TPSA) is 15.3 Å². The molecule has 0 aromatic heterocycles. The third-order valence-corrected chi connectivity index (χ3v) is 4.20. The molecule has 0 aromatic carbocycles. The molecule has 0 saturated carbocycles. The molecule has 2 atom stereocenters. The van der Waals surface area contributed by atoms with Crippen LogP contribution in [0.3, 0.4) is 0 Å². The van der Waals surface area contributed by atoms with Crippen molar-refractivity contribution in [3.05, 3.63) is 0 Å².